The first-order chi connectivity index (χ1) is 9.21. The molecule has 1 aliphatic carbocycles. The van der Waals surface area contributed by atoms with E-state index < -0.39 is 5.91 Å². The maximum absolute atomic E-state index is 12.6. The molecular weight excluding hydrogens is 254 g/mol. The number of nitrogens with zero attached hydrogens (tertiary/aromatic N) is 1. The SMILES string of the molecule is CC(C)N(C(=O)c1cc(C(N)=O)c[nH]1)C1CC(C)(C)C1. The average Bonchev–Trinajstić information content (AvgIpc) is 2.75. The minimum Gasteiger partial charge on any atom is -0.366 e. The Morgan fingerprint density at radius 1 is 1.40 bits per heavy atom. The molecule has 1 saturated carbocycles. The van der Waals surface area contributed by atoms with Gasteiger partial charge in [0.25, 0.3) is 5.91 Å². The summed E-state index contributed by atoms with van der Waals surface area (Å²) in [6.07, 6.45) is 3.51. The number of amides is 2. The van der Waals surface area contributed by atoms with Crippen molar-refractivity contribution in [2.24, 2.45) is 11.1 Å². The molecule has 1 heterocycles. The molecular formula is C15H23N3O2. The van der Waals surface area contributed by atoms with Gasteiger partial charge < -0.3 is 15.6 Å². The van der Waals surface area contributed by atoms with Crippen LogP contribution in [0.4, 0.5) is 0 Å². The lowest BCUT2D eigenvalue weighted by atomic mass is 9.67. The normalized spacial score (nSPS) is 17.9. The van der Waals surface area contributed by atoms with E-state index in [9.17, 15) is 9.59 Å². The van der Waals surface area contributed by atoms with Crippen LogP contribution < -0.4 is 5.73 Å². The van der Waals surface area contributed by atoms with Crippen LogP contribution in [0.3, 0.4) is 0 Å². The maximum atomic E-state index is 12.6. The summed E-state index contributed by atoms with van der Waals surface area (Å²) >= 11 is 0. The highest BCUT2D eigenvalue weighted by atomic mass is 16.2. The Morgan fingerprint density at radius 2 is 2.00 bits per heavy atom. The van der Waals surface area contributed by atoms with Gasteiger partial charge in [-0.15, -0.1) is 0 Å². The molecule has 2 amide bonds. The third kappa shape index (κ3) is 2.71. The van der Waals surface area contributed by atoms with E-state index in [0.29, 0.717) is 16.7 Å². The fraction of sp³-hybridized carbons (Fsp3) is 0.600. The van der Waals surface area contributed by atoms with Crippen molar-refractivity contribution in [2.45, 2.75) is 52.6 Å². The second-order valence-corrected chi connectivity index (χ2v) is 6.70. The van der Waals surface area contributed by atoms with Crippen LogP contribution >= 0.6 is 0 Å². The number of aromatic amines is 1. The van der Waals surface area contributed by atoms with Crippen molar-refractivity contribution in [1.29, 1.82) is 0 Å². The highest BCUT2D eigenvalue weighted by Gasteiger charge is 2.42. The predicted molar refractivity (Wildman–Crippen MR) is 77.4 cm³/mol. The Bertz CT molecular complexity index is 523. The van der Waals surface area contributed by atoms with Gasteiger partial charge in [0.1, 0.15) is 5.69 Å². The molecule has 1 aliphatic rings. The first-order valence-corrected chi connectivity index (χ1v) is 7.02. The molecule has 0 spiro atoms. The van der Waals surface area contributed by atoms with Gasteiger partial charge in [-0.05, 0) is 38.2 Å². The molecule has 1 aromatic heterocycles. The molecule has 5 heteroatoms. The first-order valence-electron chi connectivity index (χ1n) is 7.02. The van der Waals surface area contributed by atoms with Gasteiger partial charge in [0.05, 0.1) is 5.56 Å². The van der Waals surface area contributed by atoms with Gasteiger partial charge in [0, 0.05) is 18.3 Å². The van der Waals surface area contributed by atoms with Gasteiger partial charge in [0.2, 0.25) is 5.91 Å². The number of carbonyl (C=O) groups excluding carboxylic acids is 2. The molecule has 0 aliphatic heterocycles. The van der Waals surface area contributed by atoms with Crippen molar-refractivity contribution >= 4 is 11.8 Å². The van der Waals surface area contributed by atoms with Gasteiger partial charge in [-0.3, -0.25) is 9.59 Å². The molecule has 0 saturated heterocycles. The van der Waals surface area contributed by atoms with E-state index in [2.05, 4.69) is 18.8 Å². The van der Waals surface area contributed by atoms with Gasteiger partial charge >= 0.3 is 0 Å². The summed E-state index contributed by atoms with van der Waals surface area (Å²) in [5.74, 6) is -0.589. The van der Waals surface area contributed by atoms with E-state index in [4.69, 9.17) is 5.73 Å². The summed E-state index contributed by atoms with van der Waals surface area (Å²) < 4.78 is 0. The standard InChI is InChI=1S/C15H23N3O2/c1-9(2)18(11-6-15(3,4)7-11)14(20)12-5-10(8-17-12)13(16)19/h5,8-9,11,17H,6-7H2,1-4H3,(H2,16,19). The predicted octanol–water partition coefficient (Wildman–Crippen LogP) is 2.15. The van der Waals surface area contributed by atoms with Crippen LogP contribution in [0.2, 0.25) is 0 Å². The Kier molecular flexibility index (Phi) is 3.63. The summed E-state index contributed by atoms with van der Waals surface area (Å²) in [5, 5.41) is 0. The summed E-state index contributed by atoms with van der Waals surface area (Å²) in [6, 6.07) is 1.94. The summed E-state index contributed by atoms with van der Waals surface area (Å²) in [5.41, 5.74) is 6.29. The Hall–Kier alpha value is -1.78. The van der Waals surface area contributed by atoms with Gasteiger partial charge in [0.15, 0.2) is 0 Å². The van der Waals surface area contributed by atoms with E-state index >= 15 is 0 Å². The molecule has 1 fully saturated rings. The molecule has 0 unspecified atom stereocenters. The van der Waals surface area contributed by atoms with E-state index in [1.165, 1.54) is 12.3 Å². The zero-order valence-corrected chi connectivity index (χ0v) is 12.6. The molecule has 110 valence electrons. The van der Waals surface area contributed by atoms with E-state index in [1.807, 2.05) is 18.7 Å². The second-order valence-electron chi connectivity index (χ2n) is 6.70. The highest BCUT2D eigenvalue weighted by Crippen LogP contribution is 2.43. The number of nitrogens with two attached hydrogens (primary N) is 1. The summed E-state index contributed by atoms with van der Waals surface area (Å²) in [6.45, 7) is 8.46. The number of aromatic nitrogens is 1. The van der Waals surface area contributed by atoms with Gasteiger partial charge in [-0.25, -0.2) is 0 Å². The quantitative estimate of drug-likeness (QED) is 0.884. The zero-order chi connectivity index (χ0) is 15.1. The van der Waals surface area contributed by atoms with Crippen LogP contribution in [0.1, 0.15) is 61.4 Å². The third-order valence-corrected chi connectivity index (χ3v) is 3.96. The maximum Gasteiger partial charge on any atom is 0.270 e. The fourth-order valence-electron chi connectivity index (χ4n) is 3.03. The summed E-state index contributed by atoms with van der Waals surface area (Å²) in [7, 11) is 0. The topological polar surface area (TPSA) is 79.2 Å². The van der Waals surface area contributed by atoms with Gasteiger partial charge in [-0.2, -0.15) is 0 Å². The van der Waals surface area contributed by atoms with Crippen molar-refractivity contribution in [2.75, 3.05) is 0 Å². The highest BCUT2D eigenvalue weighted by molar-refractivity contribution is 5.98. The molecule has 1 aromatic rings. The molecule has 2 rings (SSSR count). The number of H-pyrrole nitrogens is 1. The molecule has 5 nitrogen and oxygen atoms in total. The van der Waals surface area contributed by atoms with E-state index in [1.54, 1.807) is 0 Å². The minimum atomic E-state index is -0.527. The Balaban J connectivity index is 2.17. The zero-order valence-electron chi connectivity index (χ0n) is 12.6. The monoisotopic (exact) mass is 277 g/mol. The molecule has 3 N–H and O–H groups in total. The molecule has 20 heavy (non-hydrogen) atoms. The third-order valence-electron chi connectivity index (χ3n) is 3.96. The first kappa shape index (κ1) is 14.6. The molecule has 0 aromatic carbocycles. The number of hydrogen-bond acceptors (Lipinski definition) is 2. The second kappa shape index (κ2) is 4.96. The number of nitrogens with one attached hydrogen (secondary N) is 1. The average molecular weight is 277 g/mol. The van der Waals surface area contributed by atoms with Gasteiger partial charge in [-0.1, -0.05) is 13.8 Å². The van der Waals surface area contributed by atoms with Crippen LogP contribution in [0.25, 0.3) is 0 Å². The van der Waals surface area contributed by atoms with Crippen LogP contribution in [0, 0.1) is 5.41 Å². The molecule has 0 atom stereocenters. The lowest BCUT2D eigenvalue weighted by Crippen LogP contribution is -2.53. The van der Waals surface area contributed by atoms with Crippen molar-refractivity contribution in [3.63, 3.8) is 0 Å². The Morgan fingerprint density at radius 3 is 2.40 bits per heavy atom. The van der Waals surface area contributed by atoms with Crippen molar-refractivity contribution in [3.05, 3.63) is 23.5 Å². The minimum absolute atomic E-state index is 0.0620. The number of hydrogen-bond donors (Lipinski definition) is 2. The number of rotatable bonds is 4. The lowest BCUT2D eigenvalue weighted by Gasteiger charge is -2.49. The smallest absolute Gasteiger partial charge is 0.270 e. The number of primary amides is 1. The largest absolute Gasteiger partial charge is 0.366 e. The summed E-state index contributed by atoms with van der Waals surface area (Å²) in [4.78, 5) is 28.5. The van der Waals surface area contributed by atoms with Crippen molar-refractivity contribution in [3.8, 4) is 0 Å². The van der Waals surface area contributed by atoms with Crippen molar-refractivity contribution < 1.29 is 9.59 Å². The fourth-order valence-corrected chi connectivity index (χ4v) is 3.03. The van der Waals surface area contributed by atoms with Crippen LogP contribution in [0.15, 0.2) is 12.3 Å². The van der Waals surface area contributed by atoms with Crippen LogP contribution in [0.5, 0.6) is 0 Å². The van der Waals surface area contributed by atoms with Crippen LogP contribution in [-0.4, -0.2) is 33.8 Å². The van der Waals surface area contributed by atoms with E-state index in [-0.39, 0.29) is 18.0 Å². The number of carbonyl (C=O) groups is 2. The lowest BCUT2D eigenvalue weighted by molar-refractivity contribution is 0.00994. The van der Waals surface area contributed by atoms with E-state index in [0.717, 1.165) is 12.8 Å². The van der Waals surface area contributed by atoms with Crippen molar-refractivity contribution in [1.82, 2.24) is 9.88 Å². The van der Waals surface area contributed by atoms with Crippen LogP contribution in [-0.2, 0) is 0 Å². The molecule has 0 radical (unpaired) electrons. The molecule has 0 bridgehead atoms. The Labute approximate surface area is 119 Å².